The van der Waals surface area contributed by atoms with Crippen LogP contribution in [0.15, 0.2) is 6.20 Å². The van der Waals surface area contributed by atoms with Crippen LogP contribution in [-0.2, 0) is 4.79 Å². The van der Waals surface area contributed by atoms with Gasteiger partial charge in [0.1, 0.15) is 0 Å². The molecular formula is C17H21ClN4O3. The molecule has 2 N–H and O–H groups in total. The smallest absolute Gasteiger partial charge is 0.306 e. The lowest BCUT2D eigenvalue weighted by atomic mass is 9.71. The molecule has 3 aliphatic rings. The Bertz CT molecular complexity index is 707. The van der Waals surface area contributed by atoms with Crippen LogP contribution in [0.25, 0.3) is 0 Å². The largest absolute Gasteiger partial charge is 0.481 e. The lowest BCUT2D eigenvalue weighted by Gasteiger charge is -2.40. The Hall–Kier alpha value is -1.89. The summed E-state index contributed by atoms with van der Waals surface area (Å²) < 4.78 is 0. The van der Waals surface area contributed by atoms with Crippen molar-refractivity contribution in [3.63, 3.8) is 0 Å². The molecule has 4 unspecified atom stereocenters. The molecule has 0 bridgehead atoms. The average molecular weight is 365 g/mol. The van der Waals surface area contributed by atoms with Gasteiger partial charge < -0.3 is 15.3 Å². The van der Waals surface area contributed by atoms with Crippen molar-refractivity contribution in [1.29, 1.82) is 0 Å². The van der Waals surface area contributed by atoms with Gasteiger partial charge in [-0.3, -0.25) is 9.59 Å². The zero-order valence-corrected chi connectivity index (χ0v) is 14.6. The highest BCUT2D eigenvalue weighted by molar-refractivity contribution is 6.33. The predicted molar refractivity (Wildman–Crippen MR) is 91.7 cm³/mol. The maximum atomic E-state index is 12.6. The zero-order chi connectivity index (χ0) is 17.6. The minimum absolute atomic E-state index is 0.0168. The van der Waals surface area contributed by atoms with E-state index in [1.807, 2.05) is 0 Å². The number of amides is 1. The highest BCUT2D eigenvalue weighted by Crippen LogP contribution is 2.49. The van der Waals surface area contributed by atoms with Crippen LogP contribution in [0.5, 0.6) is 0 Å². The van der Waals surface area contributed by atoms with Crippen LogP contribution in [0.3, 0.4) is 0 Å². The quantitative estimate of drug-likeness (QED) is 0.848. The van der Waals surface area contributed by atoms with Gasteiger partial charge in [0.2, 0.25) is 5.95 Å². The number of fused-ring (bicyclic) bond motifs is 1. The van der Waals surface area contributed by atoms with Crippen molar-refractivity contribution in [1.82, 2.24) is 15.3 Å². The predicted octanol–water partition coefficient (Wildman–Crippen LogP) is 1.96. The summed E-state index contributed by atoms with van der Waals surface area (Å²) in [5.41, 5.74) is 0.204. The number of nitrogens with zero attached hydrogens (tertiary/aromatic N) is 3. The Labute approximate surface area is 150 Å². The van der Waals surface area contributed by atoms with Crippen LogP contribution in [-0.4, -0.2) is 46.1 Å². The Morgan fingerprint density at radius 1 is 1.24 bits per heavy atom. The summed E-state index contributed by atoms with van der Waals surface area (Å²) in [6, 6.07) is 0.0168. The van der Waals surface area contributed by atoms with Crippen molar-refractivity contribution in [2.45, 2.75) is 38.1 Å². The number of aromatic nitrogens is 2. The number of hydrogen-bond donors (Lipinski definition) is 2. The van der Waals surface area contributed by atoms with Crippen LogP contribution in [0.2, 0.25) is 5.02 Å². The van der Waals surface area contributed by atoms with E-state index in [0.29, 0.717) is 18.3 Å². The van der Waals surface area contributed by atoms with E-state index >= 15 is 0 Å². The van der Waals surface area contributed by atoms with E-state index in [1.54, 1.807) is 0 Å². The van der Waals surface area contributed by atoms with Crippen molar-refractivity contribution < 1.29 is 14.7 Å². The minimum atomic E-state index is -0.728. The SMILES string of the molecule is O=C(NC1CC2CC(C(=O)O)CC21)c1nc(N2CCCC2)ncc1Cl. The molecule has 2 heterocycles. The van der Waals surface area contributed by atoms with Gasteiger partial charge in [0, 0.05) is 19.1 Å². The highest BCUT2D eigenvalue weighted by Gasteiger charge is 2.50. The van der Waals surface area contributed by atoms with E-state index in [0.717, 1.165) is 38.8 Å². The van der Waals surface area contributed by atoms with E-state index in [-0.39, 0.29) is 34.5 Å². The Morgan fingerprint density at radius 3 is 2.72 bits per heavy atom. The molecule has 8 heteroatoms. The van der Waals surface area contributed by atoms with Crippen molar-refractivity contribution >= 4 is 29.4 Å². The molecule has 134 valence electrons. The van der Waals surface area contributed by atoms with Gasteiger partial charge in [-0.1, -0.05) is 11.6 Å². The molecule has 1 aromatic heterocycles. The van der Waals surface area contributed by atoms with E-state index in [4.69, 9.17) is 16.7 Å². The summed E-state index contributed by atoms with van der Waals surface area (Å²) in [6.07, 6.45) is 5.88. The van der Waals surface area contributed by atoms with E-state index in [2.05, 4.69) is 20.2 Å². The summed E-state index contributed by atoms with van der Waals surface area (Å²) >= 11 is 6.14. The molecule has 1 aromatic rings. The third-order valence-corrected chi connectivity index (χ3v) is 6.10. The number of carboxylic acid groups (broad SMARTS) is 1. The molecule has 7 nitrogen and oxygen atoms in total. The summed E-state index contributed by atoms with van der Waals surface area (Å²) in [5.74, 6) is -0.0913. The molecule has 1 amide bonds. The fourth-order valence-electron chi connectivity index (χ4n) is 4.42. The molecule has 0 aromatic carbocycles. The number of hydrogen-bond acceptors (Lipinski definition) is 5. The molecule has 4 atom stereocenters. The second-order valence-electron chi connectivity index (χ2n) is 7.31. The van der Waals surface area contributed by atoms with E-state index < -0.39 is 5.97 Å². The third-order valence-electron chi connectivity index (χ3n) is 5.82. The van der Waals surface area contributed by atoms with Crippen molar-refractivity contribution in [3.05, 3.63) is 16.9 Å². The molecule has 2 aliphatic carbocycles. The second kappa shape index (κ2) is 6.44. The van der Waals surface area contributed by atoms with Crippen molar-refractivity contribution in [2.24, 2.45) is 17.8 Å². The fourth-order valence-corrected chi connectivity index (χ4v) is 4.59. The van der Waals surface area contributed by atoms with Gasteiger partial charge in [-0.2, -0.15) is 0 Å². The number of aliphatic carboxylic acids is 1. The van der Waals surface area contributed by atoms with Crippen LogP contribution in [0.4, 0.5) is 5.95 Å². The summed E-state index contributed by atoms with van der Waals surface area (Å²) in [4.78, 5) is 34.4. The van der Waals surface area contributed by atoms with Gasteiger partial charge in [-0.15, -0.1) is 0 Å². The molecule has 4 rings (SSSR count). The minimum Gasteiger partial charge on any atom is -0.481 e. The molecule has 3 fully saturated rings. The van der Waals surface area contributed by atoms with Crippen LogP contribution in [0.1, 0.15) is 42.6 Å². The molecular weight excluding hydrogens is 344 g/mol. The second-order valence-corrected chi connectivity index (χ2v) is 7.71. The first-order valence-electron chi connectivity index (χ1n) is 8.84. The monoisotopic (exact) mass is 364 g/mol. The molecule has 1 aliphatic heterocycles. The number of halogens is 1. The van der Waals surface area contributed by atoms with Gasteiger partial charge in [-0.05, 0) is 43.9 Å². The van der Waals surface area contributed by atoms with E-state index in [1.165, 1.54) is 6.20 Å². The number of nitrogens with one attached hydrogen (secondary N) is 1. The fraction of sp³-hybridized carbons (Fsp3) is 0.647. The first-order valence-corrected chi connectivity index (χ1v) is 9.22. The first kappa shape index (κ1) is 16.6. The van der Waals surface area contributed by atoms with Crippen molar-refractivity contribution in [3.8, 4) is 0 Å². The number of carbonyl (C=O) groups is 2. The summed E-state index contributed by atoms with van der Waals surface area (Å²) in [6.45, 7) is 1.79. The Balaban J connectivity index is 1.43. The van der Waals surface area contributed by atoms with Crippen molar-refractivity contribution in [2.75, 3.05) is 18.0 Å². The lowest BCUT2D eigenvalue weighted by molar-refractivity contribution is -0.141. The van der Waals surface area contributed by atoms with E-state index in [9.17, 15) is 9.59 Å². The zero-order valence-electron chi connectivity index (χ0n) is 13.8. The average Bonchev–Trinajstić information content (AvgIpc) is 3.21. The topological polar surface area (TPSA) is 95.4 Å². The molecule has 0 spiro atoms. The first-order chi connectivity index (χ1) is 12.0. The Morgan fingerprint density at radius 2 is 2.00 bits per heavy atom. The maximum Gasteiger partial charge on any atom is 0.306 e. The number of carbonyl (C=O) groups excluding carboxylic acids is 1. The van der Waals surface area contributed by atoms with Crippen LogP contribution >= 0.6 is 11.6 Å². The van der Waals surface area contributed by atoms with Gasteiger partial charge in [-0.25, -0.2) is 9.97 Å². The van der Waals surface area contributed by atoms with Gasteiger partial charge in [0.25, 0.3) is 5.91 Å². The maximum absolute atomic E-state index is 12.6. The number of carboxylic acids is 1. The molecule has 0 radical (unpaired) electrons. The van der Waals surface area contributed by atoms with Gasteiger partial charge in [0.05, 0.1) is 17.1 Å². The van der Waals surface area contributed by atoms with Crippen LogP contribution in [0, 0.1) is 17.8 Å². The third kappa shape index (κ3) is 3.05. The lowest BCUT2D eigenvalue weighted by Crippen LogP contribution is -2.50. The Kier molecular flexibility index (Phi) is 4.27. The number of anilines is 1. The summed E-state index contributed by atoms with van der Waals surface area (Å²) in [5, 5.41) is 12.4. The van der Waals surface area contributed by atoms with Crippen LogP contribution < -0.4 is 10.2 Å². The van der Waals surface area contributed by atoms with Gasteiger partial charge >= 0.3 is 5.97 Å². The summed E-state index contributed by atoms with van der Waals surface area (Å²) in [7, 11) is 0. The molecule has 1 saturated heterocycles. The molecule has 25 heavy (non-hydrogen) atoms. The number of rotatable bonds is 4. The standard InChI is InChI=1S/C17H21ClN4O3/c18-12-8-19-17(22-3-1-2-4-22)21-14(12)15(23)20-13-7-9-5-10(16(24)25)6-11(9)13/h8-11,13H,1-7H2,(H,20,23)(H,24,25). The normalized spacial score (nSPS) is 30.7. The highest BCUT2D eigenvalue weighted by atomic mass is 35.5. The molecule has 2 saturated carbocycles. The van der Waals surface area contributed by atoms with Gasteiger partial charge in [0.15, 0.2) is 5.69 Å².